The highest BCUT2D eigenvalue weighted by Crippen LogP contribution is 2.27. The number of halogens is 1. The van der Waals surface area contributed by atoms with E-state index in [1.54, 1.807) is 55.6 Å². The molecule has 0 aliphatic heterocycles. The van der Waals surface area contributed by atoms with E-state index in [9.17, 15) is 9.59 Å². The molecule has 4 rings (SSSR count). The van der Waals surface area contributed by atoms with Gasteiger partial charge in [0.15, 0.2) is 0 Å². The smallest absolute Gasteiger partial charge is 0.343 e. The van der Waals surface area contributed by atoms with E-state index in [0.29, 0.717) is 28.2 Å². The summed E-state index contributed by atoms with van der Waals surface area (Å²) >= 11 is 3.35. The van der Waals surface area contributed by atoms with E-state index < -0.39 is 5.97 Å². The van der Waals surface area contributed by atoms with Crippen molar-refractivity contribution in [3.8, 4) is 11.5 Å². The summed E-state index contributed by atoms with van der Waals surface area (Å²) in [5.74, 6) is 0.103. The summed E-state index contributed by atoms with van der Waals surface area (Å²) in [5, 5.41) is 5.89. The molecule has 7 heteroatoms. The third-order valence-electron chi connectivity index (χ3n) is 4.91. The maximum Gasteiger partial charge on any atom is 0.343 e. The lowest BCUT2D eigenvalue weighted by molar-refractivity contribution is 0.0734. The number of rotatable bonds is 6. The van der Waals surface area contributed by atoms with Gasteiger partial charge in [-0.15, -0.1) is 0 Å². The zero-order valence-electron chi connectivity index (χ0n) is 17.6. The van der Waals surface area contributed by atoms with Gasteiger partial charge in [-0.2, -0.15) is 5.10 Å². The third-order valence-corrected chi connectivity index (χ3v) is 5.40. The summed E-state index contributed by atoms with van der Waals surface area (Å²) in [4.78, 5) is 25.1. The molecule has 1 amide bonds. The first-order chi connectivity index (χ1) is 16.0. The number of hydrazone groups is 1. The van der Waals surface area contributed by atoms with Crippen LogP contribution in [-0.2, 0) is 0 Å². The highest BCUT2D eigenvalue weighted by Gasteiger charge is 2.14. The lowest BCUT2D eigenvalue weighted by Crippen LogP contribution is -2.17. The number of ether oxygens (including phenoxy) is 2. The van der Waals surface area contributed by atoms with Crippen molar-refractivity contribution in [2.75, 3.05) is 7.11 Å². The number of fused-ring (bicyclic) bond motifs is 1. The summed E-state index contributed by atoms with van der Waals surface area (Å²) in [6.45, 7) is 0. The number of methoxy groups -OCH3 is 1. The average molecular weight is 503 g/mol. The Morgan fingerprint density at radius 2 is 1.70 bits per heavy atom. The van der Waals surface area contributed by atoms with Crippen LogP contribution in [0, 0.1) is 0 Å². The van der Waals surface area contributed by atoms with Gasteiger partial charge in [-0.3, -0.25) is 4.79 Å². The van der Waals surface area contributed by atoms with Gasteiger partial charge in [0.25, 0.3) is 5.91 Å². The van der Waals surface area contributed by atoms with Crippen molar-refractivity contribution in [3.05, 3.63) is 106 Å². The van der Waals surface area contributed by atoms with Crippen molar-refractivity contribution in [1.29, 1.82) is 0 Å². The second kappa shape index (κ2) is 10.1. The number of carbonyl (C=O) groups is 2. The monoisotopic (exact) mass is 502 g/mol. The molecule has 4 aromatic carbocycles. The molecule has 4 aromatic rings. The number of hydrogen-bond donors (Lipinski definition) is 1. The molecule has 0 radical (unpaired) electrons. The van der Waals surface area contributed by atoms with Crippen molar-refractivity contribution < 1.29 is 19.1 Å². The first kappa shape index (κ1) is 22.2. The topological polar surface area (TPSA) is 77.0 Å². The Hall–Kier alpha value is -3.97. The Bertz CT molecular complexity index is 1350. The minimum Gasteiger partial charge on any atom is -0.497 e. The van der Waals surface area contributed by atoms with E-state index >= 15 is 0 Å². The molecule has 1 N–H and O–H groups in total. The molecule has 0 aliphatic rings. The maximum absolute atomic E-state index is 12.7. The molecule has 0 saturated carbocycles. The molecule has 0 bridgehead atoms. The Balaban J connectivity index is 1.61. The van der Waals surface area contributed by atoms with Crippen molar-refractivity contribution in [1.82, 2.24) is 5.43 Å². The number of hydrogen-bond acceptors (Lipinski definition) is 5. The number of carbonyl (C=O) groups excluding carboxylic acids is 2. The molecular formula is C26H19BrN2O4. The largest absolute Gasteiger partial charge is 0.497 e. The molecule has 6 nitrogen and oxygen atoms in total. The quantitative estimate of drug-likeness (QED) is 0.161. The Labute approximate surface area is 199 Å². The van der Waals surface area contributed by atoms with Gasteiger partial charge in [-0.05, 0) is 59.3 Å². The van der Waals surface area contributed by atoms with Gasteiger partial charge < -0.3 is 9.47 Å². The standard InChI is InChI=1S/C26H19BrN2O4/c1-32-21-12-9-18(10-13-21)26(31)33-24-14-11-17-5-2-3-8-22(17)23(24)16-28-29-25(30)19-6-4-7-20(27)15-19/h2-16H,1H3,(H,29,30)/b28-16+. The first-order valence-electron chi connectivity index (χ1n) is 10.0. The minimum atomic E-state index is -0.513. The molecule has 33 heavy (non-hydrogen) atoms. The molecule has 164 valence electrons. The van der Waals surface area contributed by atoms with Gasteiger partial charge in [0, 0.05) is 15.6 Å². The maximum atomic E-state index is 12.7. The average Bonchev–Trinajstić information content (AvgIpc) is 2.85. The predicted molar refractivity (Wildman–Crippen MR) is 131 cm³/mol. The molecule has 0 aliphatic carbocycles. The van der Waals surface area contributed by atoms with E-state index in [4.69, 9.17) is 9.47 Å². The minimum absolute atomic E-state index is 0.329. The molecular weight excluding hydrogens is 484 g/mol. The summed E-state index contributed by atoms with van der Waals surface area (Å²) < 4.78 is 11.6. The third kappa shape index (κ3) is 5.27. The summed E-state index contributed by atoms with van der Waals surface area (Å²) in [6, 6.07) is 24.9. The van der Waals surface area contributed by atoms with Crippen LogP contribution >= 0.6 is 15.9 Å². The molecule has 0 atom stereocenters. The van der Waals surface area contributed by atoms with E-state index in [0.717, 1.165) is 15.2 Å². The molecule has 0 fully saturated rings. The molecule has 0 spiro atoms. The zero-order chi connectivity index (χ0) is 23.2. The van der Waals surface area contributed by atoms with E-state index in [-0.39, 0.29) is 5.91 Å². The first-order valence-corrected chi connectivity index (χ1v) is 10.8. The van der Waals surface area contributed by atoms with Crippen LogP contribution in [0.1, 0.15) is 26.3 Å². The van der Waals surface area contributed by atoms with Gasteiger partial charge in [0.1, 0.15) is 11.5 Å². The number of amides is 1. The highest BCUT2D eigenvalue weighted by molar-refractivity contribution is 9.10. The van der Waals surface area contributed by atoms with E-state index in [2.05, 4.69) is 26.5 Å². The fourth-order valence-corrected chi connectivity index (χ4v) is 3.63. The number of esters is 1. The zero-order valence-corrected chi connectivity index (χ0v) is 19.2. The van der Waals surface area contributed by atoms with Gasteiger partial charge in [0.05, 0.1) is 18.9 Å². The van der Waals surface area contributed by atoms with Crippen LogP contribution in [0.3, 0.4) is 0 Å². The van der Waals surface area contributed by atoms with Crippen LogP contribution in [0.25, 0.3) is 10.8 Å². The van der Waals surface area contributed by atoms with E-state index in [1.807, 2.05) is 36.4 Å². The van der Waals surface area contributed by atoms with Crippen molar-refractivity contribution >= 4 is 44.8 Å². The molecule has 0 heterocycles. The second-order valence-electron chi connectivity index (χ2n) is 7.03. The van der Waals surface area contributed by atoms with Gasteiger partial charge in [0.2, 0.25) is 0 Å². The van der Waals surface area contributed by atoms with Gasteiger partial charge in [-0.25, -0.2) is 10.2 Å². The molecule has 0 aromatic heterocycles. The lowest BCUT2D eigenvalue weighted by Gasteiger charge is -2.11. The fraction of sp³-hybridized carbons (Fsp3) is 0.0385. The van der Waals surface area contributed by atoms with Crippen molar-refractivity contribution in [2.24, 2.45) is 5.10 Å². The van der Waals surface area contributed by atoms with Crippen LogP contribution in [0.4, 0.5) is 0 Å². The predicted octanol–water partition coefficient (Wildman–Crippen LogP) is 5.59. The van der Waals surface area contributed by atoms with Crippen LogP contribution < -0.4 is 14.9 Å². The Morgan fingerprint density at radius 1 is 0.909 bits per heavy atom. The lowest BCUT2D eigenvalue weighted by atomic mass is 10.0. The summed E-state index contributed by atoms with van der Waals surface area (Å²) in [7, 11) is 1.56. The Kier molecular flexibility index (Phi) is 6.80. The van der Waals surface area contributed by atoms with Crippen molar-refractivity contribution in [2.45, 2.75) is 0 Å². The van der Waals surface area contributed by atoms with Crippen molar-refractivity contribution in [3.63, 3.8) is 0 Å². The Morgan fingerprint density at radius 3 is 2.45 bits per heavy atom. The number of benzene rings is 4. The SMILES string of the molecule is COc1ccc(C(=O)Oc2ccc3ccccc3c2/C=N/NC(=O)c2cccc(Br)c2)cc1. The normalized spacial score (nSPS) is 10.8. The molecule has 0 saturated heterocycles. The van der Waals surface area contributed by atoms with Gasteiger partial charge in [-0.1, -0.05) is 52.3 Å². The van der Waals surface area contributed by atoms with Crippen LogP contribution in [0.15, 0.2) is 94.5 Å². The second-order valence-corrected chi connectivity index (χ2v) is 7.94. The van der Waals surface area contributed by atoms with Gasteiger partial charge >= 0.3 is 5.97 Å². The summed E-state index contributed by atoms with van der Waals surface area (Å²) in [5.41, 5.74) is 3.94. The van der Waals surface area contributed by atoms with Crippen LogP contribution in [0.5, 0.6) is 11.5 Å². The molecule has 0 unspecified atom stereocenters. The number of nitrogens with one attached hydrogen (secondary N) is 1. The number of nitrogens with zero attached hydrogens (tertiary/aromatic N) is 1. The van der Waals surface area contributed by atoms with E-state index in [1.165, 1.54) is 6.21 Å². The summed E-state index contributed by atoms with van der Waals surface area (Å²) in [6.07, 6.45) is 1.48. The fourth-order valence-electron chi connectivity index (χ4n) is 3.23. The van der Waals surface area contributed by atoms with Crippen LogP contribution in [-0.4, -0.2) is 25.2 Å². The van der Waals surface area contributed by atoms with Crippen LogP contribution in [0.2, 0.25) is 0 Å². The highest BCUT2D eigenvalue weighted by atomic mass is 79.9.